The maximum absolute atomic E-state index is 12.4. The summed E-state index contributed by atoms with van der Waals surface area (Å²) < 4.78 is 5.36. The predicted octanol–water partition coefficient (Wildman–Crippen LogP) is 0.929. The molecule has 2 unspecified atom stereocenters. The van der Waals surface area contributed by atoms with Gasteiger partial charge in [0.25, 0.3) is 0 Å². The number of rotatable bonds is 4. The van der Waals surface area contributed by atoms with Gasteiger partial charge in [0.15, 0.2) is 0 Å². The minimum absolute atomic E-state index is 0.0258. The molecule has 5 nitrogen and oxygen atoms in total. The summed E-state index contributed by atoms with van der Waals surface area (Å²) >= 11 is 0. The number of amides is 2. The van der Waals surface area contributed by atoms with Gasteiger partial charge in [0, 0.05) is 19.8 Å². The molecule has 1 N–H and O–H groups in total. The van der Waals surface area contributed by atoms with Gasteiger partial charge in [-0.15, -0.1) is 0 Å². The highest BCUT2D eigenvalue weighted by Gasteiger charge is 2.44. The first-order valence-corrected chi connectivity index (χ1v) is 7.16. The highest BCUT2D eigenvalue weighted by atomic mass is 16.5. The van der Waals surface area contributed by atoms with E-state index in [-0.39, 0.29) is 17.9 Å². The van der Waals surface area contributed by atoms with E-state index in [2.05, 4.69) is 5.32 Å². The minimum atomic E-state index is -0.783. The summed E-state index contributed by atoms with van der Waals surface area (Å²) in [7, 11) is 0. The van der Waals surface area contributed by atoms with Crippen LogP contribution in [0.4, 0.5) is 0 Å². The van der Waals surface area contributed by atoms with Gasteiger partial charge in [-0.3, -0.25) is 9.59 Å². The van der Waals surface area contributed by atoms with Crippen LogP contribution in [-0.2, 0) is 14.3 Å². The van der Waals surface area contributed by atoms with Crippen LogP contribution in [0.3, 0.4) is 0 Å². The van der Waals surface area contributed by atoms with Crippen molar-refractivity contribution in [2.75, 3.05) is 19.8 Å². The Kier molecular flexibility index (Phi) is 4.13. The zero-order chi connectivity index (χ0) is 14.0. The van der Waals surface area contributed by atoms with E-state index in [1.165, 1.54) is 0 Å². The molecular weight excluding hydrogens is 244 g/mol. The van der Waals surface area contributed by atoms with E-state index >= 15 is 0 Å². The summed E-state index contributed by atoms with van der Waals surface area (Å²) in [5.74, 6) is 0.519. The summed E-state index contributed by atoms with van der Waals surface area (Å²) in [6, 6.07) is -0.317. The molecule has 0 aromatic heterocycles. The smallest absolute Gasteiger partial charge is 0.248 e. The average molecular weight is 268 g/mol. The number of piperazine rings is 1. The maximum atomic E-state index is 12.4. The Labute approximate surface area is 114 Å². The summed E-state index contributed by atoms with van der Waals surface area (Å²) in [5, 5.41) is 2.81. The van der Waals surface area contributed by atoms with Crippen LogP contribution in [0.25, 0.3) is 0 Å². The second kappa shape index (κ2) is 5.49. The first-order chi connectivity index (χ1) is 8.95. The van der Waals surface area contributed by atoms with Gasteiger partial charge in [-0.2, -0.15) is 0 Å². The molecule has 0 aliphatic carbocycles. The third kappa shape index (κ3) is 2.91. The molecule has 0 aromatic carbocycles. The van der Waals surface area contributed by atoms with E-state index < -0.39 is 5.54 Å². The molecule has 2 atom stereocenters. The lowest BCUT2D eigenvalue weighted by atomic mass is 9.94. The molecule has 2 heterocycles. The Bertz CT molecular complexity index is 362. The fourth-order valence-corrected chi connectivity index (χ4v) is 2.88. The van der Waals surface area contributed by atoms with Crippen molar-refractivity contribution in [2.24, 2.45) is 5.92 Å². The van der Waals surface area contributed by atoms with Gasteiger partial charge in [-0.25, -0.2) is 0 Å². The maximum Gasteiger partial charge on any atom is 0.248 e. The SMILES string of the molecule is CCC1C(=O)NC(C)(C)C(=O)N1CCC1CCOC1. The summed E-state index contributed by atoms with van der Waals surface area (Å²) in [4.78, 5) is 26.3. The largest absolute Gasteiger partial charge is 0.381 e. The zero-order valence-corrected chi connectivity index (χ0v) is 12.1. The first kappa shape index (κ1) is 14.3. The Hall–Kier alpha value is -1.10. The topological polar surface area (TPSA) is 58.6 Å². The molecule has 0 radical (unpaired) electrons. The monoisotopic (exact) mass is 268 g/mol. The van der Waals surface area contributed by atoms with Crippen molar-refractivity contribution in [2.45, 2.75) is 51.6 Å². The molecule has 2 aliphatic heterocycles. The number of carbonyl (C=O) groups is 2. The Morgan fingerprint density at radius 2 is 2.16 bits per heavy atom. The first-order valence-electron chi connectivity index (χ1n) is 7.16. The van der Waals surface area contributed by atoms with Crippen molar-refractivity contribution >= 4 is 11.8 Å². The quantitative estimate of drug-likeness (QED) is 0.825. The van der Waals surface area contributed by atoms with Crippen LogP contribution in [0.5, 0.6) is 0 Å². The van der Waals surface area contributed by atoms with E-state index in [1.54, 1.807) is 18.7 Å². The molecule has 2 fully saturated rings. The normalized spacial score (nSPS) is 30.6. The molecule has 2 amide bonds. The van der Waals surface area contributed by atoms with Gasteiger partial charge in [-0.05, 0) is 39.0 Å². The van der Waals surface area contributed by atoms with Gasteiger partial charge in [0.2, 0.25) is 11.8 Å². The van der Waals surface area contributed by atoms with E-state index in [9.17, 15) is 9.59 Å². The fourth-order valence-electron chi connectivity index (χ4n) is 2.88. The van der Waals surface area contributed by atoms with Crippen LogP contribution in [0.1, 0.15) is 40.0 Å². The number of nitrogens with zero attached hydrogens (tertiary/aromatic N) is 1. The second-order valence-corrected chi connectivity index (χ2v) is 6.06. The second-order valence-electron chi connectivity index (χ2n) is 6.06. The Morgan fingerprint density at radius 1 is 1.42 bits per heavy atom. The molecule has 2 rings (SSSR count). The molecule has 2 aliphatic rings. The third-order valence-corrected chi connectivity index (χ3v) is 4.10. The van der Waals surface area contributed by atoms with Crippen molar-refractivity contribution in [3.8, 4) is 0 Å². The third-order valence-electron chi connectivity index (χ3n) is 4.10. The van der Waals surface area contributed by atoms with E-state index in [0.717, 1.165) is 26.1 Å². The molecule has 0 aromatic rings. The molecule has 0 saturated carbocycles. The Balaban J connectivity index is 2.04. The fraction of sp³-hybridized carbons (Fsp3) is 0.857. The van der Waals surface area contributed by atoms with Crippen molar-refractivity contribution in [1.82, 2.24) is 10.2 Å². The molecule has 19 heavy (non-hydrogen) atoms. The number of ether oxygens (including phenoxy) is 1. The van der Waals surface area contributed by atoms with Gasteiger partial charge in [0.05, 0.1) is 0 Å². The van der Waals surface area contributed by atoms with Crippen LogP contribution in [0, 0.1) is 5.92 Å². The number of nitrogens with one attached hydrogen (secondary N) is 1. The number of carbonyl (C=O) groups excluding carboxylic acids is 2. The standard InChI is InChI=1S/C14H24N2O3/c1-4-11-12(17)15-14(2,3)13(18)16(11)7-5-10-6-8-19-9-10/h10-11H,4-9H2,1-3H3,(H,15,17). The van der Waals surface area contributed by atoms with Crippen LogP contribution >= 0.6 is 0 Å². The van der Waals surface area contributed by atoms with Gasteiger partial charge in [-0.1, -0.05) is 6.92 Å². The molecule has 2 saturated heterocycles. The minimum Gasteiger partial charge on any atom is -0.381 e. The van der Waals surface area contributed by atoms with Gasteiger partial charge < -0.3 is 15.0 Å². The summed E-state index contributed by atoms with van der Waals surface area (Å²) in [5.41, 5.74) is -0.783. The molecule has 0 spiro atoms. The van der Waals surface area contributed by atoms with Gasteiger partial charge in [0.1, 0.15) is 11.6 Å². The summed E-state index contributed by atoms with van der Waals surface area (Å²) in [6.07, 6.45) is 2.65. The molecule has 5 heteroatoms. The highest BCUT2D eigenvalue weighted by Crippen LogP contribution is 2.23. The van der Waals surface area contributed by atoms with Crippen molar-refractivity contribution < 1.29 is 14.3 Å². The van der Waals surface area contributed by atoms with Crippen LogP contribution in [0.2, 0.25) is 0 Å². The van der Waals surface area contributed by atoms with Crippen LogP contribution in [0.15, 0.2) is 0 Å². The average Bonchev–Trinajstić information content (AvgIpc) is 2.84. The predicted molar refractivity (Wildman–Crippen MR) is 71.6 cm³/mol. The Morgan fingerprint density at radius 3 is 2.74 bits per heavy atom. The zero-order valence-electron chi connectivity index (χ0n) is 12.1. The summed E-state index contributed by atoms with van der Waals surface area (Å²) in [6.45, 7) is 7.75. The van der Waals surface area contributed by atoms with Crippen LogP contribution < -0.4 is 5.32 Å². The lowest BCUT2D eigenvalue weighted by molar-refractivity contribution is -0.153. The van der Waals surface area contributed by atoms with Gasteiger partial charge >= 0.3 is 0 Å². The van der Waals surface area contributed by atoms with Crippen molar-refractivity contribution in [3.05, 3.63) is 0 Å². The van der Waals surface area contributed by atoms with E-state index in [0.29, 0.717) is 18.9 Å². The number of hydrogen-bond donors (Lipinski definition) is 1. The number of hydrogen-bond acceptors (Lipinski definition) is 3. The van der Waals surface area contributed by atoms with Crippen molar-refractivity contribution in [1.29, 1.82) is 0 Å². The van der Waals surface area contributed by atoms with Crippen LogP contribution in [-0.4, -0.2) is 48.1 Å². The van der Waals surface area contributed by atoms with Crippen molar-refractivity contribution in [3.63, 3.8) is 0 Å². The van der Waals surface area contributed by atoms with E-state index in [1.807, 2.05) is 6.92 Å². The lowest BCUT2D eigenvalue weighted by Crippen LogP contribution is -2.68. The lowest BCUT2D eigenvalue weighted by Gasteiger charge is -2.42. The van der Waals surface area contributed by atoms with E-state index in [4.69, 9.17) is 4.74 Å². The molecule has 108 valence electrons. The highest BCUT2D eigenvalue weighted by molar-refractivity contribution is 5.99. The molecular formula is C14H24N2O3. The molecule has 0 bridgehead atoms.